The van der Waals surface area contributed by atoms with Crippen molar-refractivity contribution in [3.63, 3.8) is 0 Å². The molecule has 4 aliphatic rings. The molecule has 6 atom stereocenters. The van der Waals surface area contributed by atoms with Crippen LogP contribution in [0.5, 0.6) is 0 Å². The Labute approximate surface area is 145 Å². The monoisotopic (exact) mass is 330 g/mol. The molecule has 0 aromatic heterocycles. The van der Waals surface area contributed by atoms with Crippen molar-refractivity contribution in [1.29, 1.82) is 0 Å². The SMILES string of the molecule is CC(=O)OC1CC[C@@]2(C)C(=CCC3C4CCC(=O)C4(C)CCC32)C1. The number of carbonyl (C=O) groups is 2. The van der Waals surface area contributed by atoms with E-state index < -0.39 is 0 Å². The van der Waals surface area contributed by atoms with E-state index in [9.17, 15) is 9.59 Å². The van der Waals surface area contributed by atoms with Crippen LogP contribution in [0.25, 0.3) is 0 Å². The third kappa shape index (κ3) is 2.23. The molecule has 0 spiro atoms. The number of ether oxygens (including phenoxy) is 1. The number of carbonyl (C=O) groups excluding carboxylic acids is 2. The van der Waals surface area contributed by atoms with E-state index in [4.69, 9.17) is 4.74 Å². The Morgan fingerprint density at radius 1 is 1.12 bits per heavy atom. The molecular formula is C21H30O3. The van der Waals surface area contributed by atoms with Crippen molar-refractivity contribution >= 4 is 11.8 Å². The predicted octanol–water partition coefficient (Wildman–Crippen LogP) is 4.45. The molecule has 0 heterocycles. The summed E-state index contributed by atoms with van der Waals surface area (Å²) in [6.45, 7) is 6.19. The summed E-state index contributed by atoms with van der Waals surface area (Å²) >= 11 is 0. The second-order valence-electron chi connectivity index (χ2n) is 9.15. The van der Waals surface area contributed by atoms with Gasteiger partial charge >= 0.3 is 5.97 Å². The maximum atomic E-state index is 12.4. The minimum Gasteiger partial charge on any atom is -0.462 e. The second kappa shape index (κ2) is 5.44. The Morgan fingerprint density at radius 2 is 1.83 bits per heavy atom. The summed E-state index contributed by atoms with van der Waals surface area (Å²) in [4.78, 5) is 23.7. The Balaban J connectivity index is 1.60. The topological polar surface area (TPSA) is 43.4 Å². The molecule has 132 valence electrons. The standard InChI is InChI=1S/C21H30O3/c1-13(22)24-15-8-10-20(2)14(12-15)4-5-16-17-6-7-19(23)21(17,3)11-9-18(16)20/h4,15-18H,5-12H2,1-3H3/t15?,16?,17?,18?,20-,21?/m0/s1. The number of hydrogen-bond donors (Lipinski definition) is 0. The molecule has 0 saturated heterocycles. The Morgan fingerprint density at radius 3 is 2.58 bits per heavy atom. The van der Waals surface area contributed by atoms with Crippen molar-refractivity contribution in [1.82, 2.24) is 0 Å². The molecule has 4 rings (SSSR count). The molecule has 4 aliphatic carbocycles. The highest BCUT2D eigenvalue weighted by Crippen LogP contribution is 2.64. The normalized spacial score (nSPS) is 47.3. The molecule has 24 heavy (non-hydrogen) atoms. The van der Waals surface area contributed by atoms with Gasteiger partial charge in [-0.25, -0.2) is 0 Å². The fourth-order valence-electron chi connectivity index (χ4n) is 6.73. The lowest BCUT2D eigenvalue weighted by Gasteiger charge is -2.56. The number of rotatable bonds is 1. The molecule has 3 heteroatoms. The van der Waals surface area contributed by atoms with Crippen LogP contribution in [-0.2, 0) is 14.3 Å². The first-order valence-electron chi connectivity index (χ1n) is 9.74. The van der Waals surface area contributed by atoms with E-state index >= 15 is 0 Å². The van der Waals surface area contributed by atoms with Gasteiger partial charge in [0.2, 0.25) is 0 Å². The molecule has 0 aromatic rings. The van der Waals surface area contributed by atoms with Crippen LogP contribution >= 0.6 is 0 Å². The summed E-state index contributed by atoms with van der Waals surface area (Å²) in [5.74, 6) is 2.33. The number of esters is 1. The first kappa shape index (κ1) is 16.4. The van der Waals surface area contributed by atoms with Crippen LogP contribution in [0.1, 0.15) is 72.1 Å². The van der Waals surface area contributed by atoms with Gasteiger partial charge in [-0.3, -0.25) is 9.59 Å². The summed E-state index contributed by atoms with van der Waals surface area (Å²) < 4.78 is 5.50. The third-order valence-electron chi connectivity index (χ3n) is 8.10. The number of ketones is 1. The summed E-state index contributed by atoms with van der Waals surface area (Å²) in [5.41, 5.74) is 1.74. The molecule has 0 aliphatic heterocycles. The van der Waals surface area contributed by atoms with Crippen molar-refractivity contribution < 1.29 is 14.3 Å². The van der Waals surface area contributed by atoms with Crippen molar-refractivity contribution in [3.8, 4) is 0 Å². The maximum absolute atomic E-state index is 12.4. The summed E-state index contributed by atoms with van der Waals surface area (Å²) in [6, 6.07) is 0. The highest BCUT2D eigenvalue weighted by Gasteiger charge is 2.58. The average molecular weight is 330 g/mol. The first-order chi connectivity index (χ1) is 11.3. The van der Waals surface area contributed by atoms with Crippen LogP contribution in [-0.4, -0.2) is 17.9 Å². The lowest BCUT2D eigenvalue weighted by atomic mass is 9.48. The van der Waals surface area contributed by atoms with Gasteiger partial charge in [0.05, 0.1) is 0 Å². The van der Waals surface area contributed by atoms with Gasteiger partial charge < -0.3 is 4.74 Å². The summed E-state index contributed by atoms with van der Waals surface area (Å²) in [5, 5.41) is 0. The van der Waals surface area contributed by atoms with E-state index in [-0.39, 0.29) is 22.9 Å². The minimum atomic E-state index is -0.157. The molecule has 3 saturated carbocycles. The van der Waals surface area contributed by atoms with Crippen LogP contribution in [0.2, 0.25) is 0 Å². The fourth-order valence-corrected chi connectivity index (χ4v) is 6.73. The maximum Gasteiger partial charge on any atom is 0.302 e. The summed E-state index contributed by atoms with van der Waals surface area (Å²) in [6.07, 6.45) is 10.8. The van der Waals surface area contributed by atoms with Gasteiger partial charge in [0.15, 0.2) is 0 Å². The highest BCUT2D eigenvalue weighted by molar-refractivity contribution is 5.87. The van der Waals surface area contributed by atoms with Crippen molar-refractivity contribution in [2.24, 2.45) is 28.6 Å². The molecule has 5 unspecified atom stereocenters. The summed E-state index contributed by atoms with van der Waals surface area (Å²) in [7, 11) is 0. The van der Waals surface area contributed by atoms with E-state index in [1.807, 2.05) is 0 Å². The van der Waals surface area contributed by atoms with Crippen LogP contribution in [0.3, 0.4) is 0 Å². The van der Waals surface area contributed by atoms with Gasteiger partial charge in [-0.1, -0.05) is 25.5 Å². The fraction of sp³-hybridized carbons (Fsp3) is 0.810. The van der Waals surface area contributed by atoms with Crippen LogP contribution in [0.15, 0.2) is 11.6 Å². The van der Waals surface area contributed by atoms with Crippen molar-refractivity contribution in [2.75, 3.05) is 0 Å². The number of hydrogen-bond acceptors (Lipinski definition) is 3. The Bertz CT molecular complexity index is 606. The zero-order valence-corrected chi connectivity index (χ0v) is 15.3. The van der Waals surface area contributed by atoms with E-state index in [1.165, 1.54) is 18.9 Å². The molecule has 0 N–H and O–H groups in total. The van der Waals surface area contributed by atoms with E-state index in [0.29, 0.717) is 23.5 Å². The molecule has 3 fully saturated rings. The number of allylic oxidation sites excluding steroid dienone is 1. The first-order valence-corrected chi connectivity index (χ1v) is 9.74. The zero-order chi connectivity index (χ0) is 17.1. The third-order valence-corrected chi connectivity index (χ3v) is 8.10. The number of fused-ring (bicyclic) bond motifs is 5. The van der Waals surface area contributed by atoms with Gasteiger partial charge in [-0.15, -0.1) is 0 Å². The van der Waals surface area contributed by atoms with E-state index in [2.05, 4.69) is 19.9 Å². The van der Waals surface area contributed by atoms with Gasteiger partial charge in [0.1, 0.15) is 11.9 Å². The molecular weight excluding hydrogens is 300 g/mol. The quantitative estimate of drug-likeness (QED) is 0.527. The van der Waals surface area contributed by atoms with Crippen molar-refractivity contribution in [2.45, 2.75) is 78.2 Å². The number of Topliss-reactive ketones (excluding diaryl/α,β-unsaturated/α-hetero) is 1. The Kier molecular flexibility index (Phi) is 3.71. The Hall–Kier alpha value is -1.12. The van der Waals surface area contributed by atoms with Gasteiger partial charge in [0, 0.05) is 25.2 Å². The molecule has 0 aromatic carbocycles. The minimum absolute atomic E-state index is 0.0438. The van der Waals surface area contributed by atoms with Crippen LogP contribution < -0.4 is 0 Å². The molecule has 0 bridgehead atoms. The van der Waals surface area contributed by atoms with Crippen LogP contribution in [0.4, 0.5) is 0 Å². The lowest BCUT2D eigenvalue weighted by molar-refractivity contribution is -0.148. The molecule has 0 amide bonds. The van der Waals surface area contributed by atoms with Gasteiger partial charge in [-0.2, -0.15) is 0 Å². The van der Waals surface area contributed by atoms with E-state index in [1.54, 1.807) is 0 Å². The van der Waals surface area contributed by atoms with Gasteiger partial charge in [0.25, 0.3) is 0 Å². The zero-order valence-electron chi connectivity index (χ0n) is 15.3. The van der Waals surface area contributed by atoms with Gasteiger partial charge in [-0.05, 0) is 61.7 Å². The molecule has 0 radical (unpaired) electrons. The lowest BCUT2D eigenvalue weighted by Crippen LogP contribution is -2.50. The smallest absolute Gasteiger partial charge is 0.302 e. The second-order valence-corrected chi connectivity index (χ2v) is 9.15. The predicted molar refractivity (Wildman–Crippen MR) is 92.3 cm³/mol. The average Bonchev–Trinajstić information content (AvgIpc) is 2.83. The highest BCUT2D eigenvalue weighted by atomic mass is 16.5. The largest absolute Gasteiger partial charge is 0.462 e. The van der Waals surface area contributed by atoms with E-state index in [0.717, 1.165) is 44.9 Å². The van der Waals surface area contributed by atoms with Crippen molar-refractivity contribution in [3.05, 3.63) is 11.6 Å². The molecule has 3 nitrogen and oxygen atoms in total. The van der Waals surface area contributed by atoms with Crippen LogP contribution in [0, 0.1) is 28.6 Å².